The maximum absolute atomic E-state index is 11.7. The first-order valence-corrected chi connectivity index (χ1v) is 11.7. The summed E-state index contributed by atoms with van der Waals surface area (Å²) in [6.45, 7) is 6.15. The van der Waals surface area contributed by atoms with Crippen LogP contribution < -0.4 is 21.3 Å². The van der Waals surface area contributed by atoms with E-state index in [1.54, 1.807) is 12.4 Å². The number of hydrogen-bond acceptors (Lipinski definition) is 8. The molecular weight excluding hydrogens is 454 g/mol. The van der Waals surface area contributed by atoms with Crippen LogP contribution in [0.1, 0.15) is 0 Å². The fraction of sp³-hybridized carbons (Fsp3) is 0.185. The number of aromatic nitrogens is 3. The van der Waals surface area contributed by atoms with E-state index >= 15 is 0 Å². The van der Waals surface area contributed by atoms with Gasteiger partial charge in [0.1, 0.15) is 5.82 Å². The minimum absolute atomic E-state index is 0.0255. The summed E-state index contributed by atoms with van der Waals surface area (Å²) in [5.41, 5.74) is 9.89. The van der Waals surface area contributed by atoms with Crippen molar-refractivity contribution in [2.24, 2.45) is 5.73 Å². The molecule has 4 aromatic rings. The number of carbonyl (C=O) groups is 1. The number of nitrogens with one attached hydrogen (secondary N) is 2. The number of nitrogens with zero attached hydrogens (tertiary/aromatic N) is 4. The molecule has 1 aliphatic heterocycles. The number of ether oxygens (including phenoxy) is 1. The van der Waals surface area contributed by atoms with E-state index in [2.05, 4.69) is 32.1 Å². The number of pyridine rings is 1. The minimum atomic E-state index is -0.258. The van der Waals surface area contributed by atoms with Crippen LogP contribution in [0.4, 0.5) is 23.1 Å². The van der Waals surface area contributed by atoms with Crippen LogP contribution in [0.25, 0.3) is 22.0 Å². The molecule has 4 N–H and O–H groups in total. The van der Waals surface area contributed by atoms with Gasteiger partial charge in [-0.3, -0.25) is 4.79 Å². The Balaban J connectivity index is 1.38. The van der Waals surface area contributed by atoms with Gasteiger partial charge < -0.3 is 26.0 Å². The number of benzene rings is 2. The molecule has 2 aromatic carbocycles. The van der Waals surface area contributed by atoms with Crippen LogP contribution in [0, 0.1) is 0 Å². The molecule has 1 saturated heterocycles. The molecule has 1 atom stereocenters. The third-order valence-corrected chi connectivity index (χ3v) is 5.97. The average Bonchev–Trinajstić information content (AvgIpc) is 2.93. The Morgan fingerprint density at radius 1 is 1.14 bits per heavy atom. The third-order valence-electron chi connectivity index (χ3n) is 5.97. The average molecular weight is 482 g/mol. The molecule has 0 saturated carbocycles. The van der Waals surface area contributed by atoms with Crippen molar-refractivity contribution >= 4 is 40.0 Å². The van der Waals surface area contributed by atoms with E-state index in [9.17, 15) is 4.79 Å². The van der Waals surface area contributed by atoms with Crippen LogP contribution in [-0.2, 0) is 9.53 Å². The fourth-order valence-electron chi connectivity index (χ4n) is 4.15. The van der Waals surface area contributed by atoms with Gasteiger partial charge in [0.2, 0.25) is 11.9 Å². The van der Waals surface area contributed by atoms with Crippen LogP contribution in [0.3, 0.4) is 0 Å². The zero-order valence-electron chi connectivity index (χ0n) is 19.7. The number of nitrogens with two attached hydrogens (primary N) is 1. The molecule has 0 spiro atoms. The van der Waals surface area contributed by atoms with Gasteiger partial charge in [0.15, 0.2) is 0 Å². The van der Waals surface area contributed by atoms with Gasteiger partial charge in [-0.05, 0) is 35.9 Å². The highest BCUT2D eigenvalue weighted by Crippen LogP contribution is 2.30. The standard InChI is InChI=1S/C27H27N7O2/c1-2-25(35)31-20-7-3-5-18(13-20)23-8-4-6-19-15-30-27(33-26(19)23)32-21-9-10-24(29-16-21)34-11-12-36-22(14-28)17-34/h2-10,13,15-16,22H,1,11-12,14,17,28H2,(H,31,35)(H,30,32,33)/t22-/m0/s1. The molecule has 1 amide bonds. The largest absolute Gasteiger partial charge is 0.373 e. The SMILES string of the molecule is C=CC(=O)Nc1cccc(-c2cccc3cnc(Nc4ccc(N5CCO[C@@H](CN)C5)nc4)nc23)c1. The maximum atomic E-state index is 11.7. The zero-order chi connectivity index (χ0) is 24.9. The normalized spacial score (nSPS) is 15.5. The highest BCUT2D eigenvalue weighted by molar-refractivity contribution is 6.00. The van der Waals surface area contributed by atoms with Crippen molar-refractivity contribution in [2.75, 3.05) is 41.8 Å². The van der Waals surface area contributed by atoms with Gasteiger partial charge >= 0.3 is 0 Å². The number of para-hydroxylation sites is 1. The Hall–Kier alpha value is -4.34. The van der Waals surface area contributed by atoms with Gasteiger partial charge in [-0.1, -0.05) is 36.9 Å². The molecule has 182 valence electrons. The molecule has 0 bridgehead atoms. The molecule has 0 unspecified atom stereocenters. The Bertz CT molecular complexity index is 1390. The number of hydrogen-bond donors (Lipinski definition) is 3. The zero-order valence-corrected chi connectivity index (χ0v) is 19.7. The summed E-state index contributed by atoms with van der Waals surface area (Å²) in [5, 5.41) is 6.97. The highest BCUT2D eigenvalue weighted by atomic mass is 16.5. The second kappa shape index (κ2) is 10.5. The first-order chi connectivity index (χ1) is 17.6. The van der Waals surface area contributed by atoms with Crippen molar-refractivity contribution in [1.82, 2.24) is 15.0 Å². The lowest BCUT2D eigenvalue weighted by molar-refractivity contribution is -0.111. The molecule has 5 rings (SSSR count). The van der Waals surface area contributed by atoms with Crippen molar-refractivity contribution in [3.63, 3.8) is 0 Å². The van der Waals surface area contributed by atoms with Gasteiger partial charge in [0, 0.05) is 42.5 Å². The highest BCUT2D eigenvalue weighted by Gasteiger charge is 2.20. The van der Waals surface area contributed by atoms with E-state index in [1.807, 2.05) is 54.6 Å². The first kappa shape index (κ1) is 23.4. The topological polar surface area (TPSA) is 118 Å². The molecule has 9 nitrogen and oxygen atoms in total. The van der Waals surface area contributed by atoms with Crippen molar-refractivity contribution in [2.45, 2.75) is 6.10 Å². The van der Waals surface area contributed by atoms with Crippen molar-refractivity contribution < 1.29 is 9.53 Å². The van der Waals surface area contributed by atoms with Crippen LogP contribution in [0.2, 0.25) is 0 Å². The summed E-state index contributed by atoms with van der Waals surface area (Å²) in [6.07, 6.45) is 4.83. The van der Waals surface area contributed by atoms with Crippen molar-refractivity contribution in [1.29, 1.82) is 0 Å². The second-order valence-electron chi connectivity index (χ2n) is 8.42. The number of amides is 1. The van der Waals surface area contributed by atoms with E-state index in [1.165, 1.54) is 6.08 Å². The maximum Gasteiger partial charge on any atom is 0.247 e. The molecule has 1 fully saturated rings. The number of anilines is 4. The van der Waals surface area contributed by atoms with Crippen LogP contribution in [-0.4, -0.2) is 53.2 Å². The smallest absolute Gasteiger partial charge is 0.247 e. The Morgan fingerprint density at radius 2 is 2.03 bits per heavy atom. The van der Waals surface area contributed by atoms with Crippen molar-refractivity contribution in [3.05, 3.63) is 79.6 Å². The molecule has 3 heterocycles. The number of fused-ring (bicyclic) bond motifs is 1. The van der Waals surface area contributed by atoms with Gasteiger partial charge in [-0.2, -0.15) is 0 Å². The van der Waals surface area contributed by atoms with Crippen LogP contribution >= 0.6 is 0 Å². The van der Waals surface area contributed by atoms with E-state index in [0.717, 1.165) is 46.6 Å². The summed E-state index contributed by atoms with van der Waals surface area (Å²) in [4.78, 5) is 27.8. The lowest BCUT2D eigenvalue weighted by Gasteiger charge is -2.33. The number of carbonyl (C=O) groups excluding carboxylic acids is 1. The van der Waals surface area contributed by atoms with Gasteiger partial charge in [-0.15, -0.1) is 0 Å². The summed E-state index contributed by atoms with van der Waals surface area (Å²) < 4.78 is 5.64. The minimum Gasteiger partial charge on any atom is -0.373 e. The van der Waals surface area contributed by atoms with Crippen LogP contribution in [0.5, 0.6) is 0 Å². The lowest BCUT2D eigenvalue weighted by atomic mass is 10.0. The third kappa shape index (κ3) is 5.17. The number of morpholine rings is 1. The predicted octanol–water partition coefficient (Wildman–Crippen LogP) is 3.72. The van der Waals surface area contributed by atoms with E-state index in [4.69, 9.17) is 15.5 Å². The molecule has 9 heteroatoms. The summed E-state index contributed by atoms with van der Waals surface area (Å²) in [5.74, 6) is 1.09. The fourth-order valence-corrected chi connectivity index (χ4v) is 4.15. The molecule has 2 aromatic heterocycles. The second-order valence-corrected chi connectivity index (χ2v) is 8.42. The quantitative estimate of drug-likeness (QED) is 0.342. The summed E-state index contributed by atoms with van der Waals surface area (Å²) >= 11 is 0. The van der Waals surface area contributed by atoms with E-state index in [0.29, 0.717) is 24.8 Å². The molecule has 0 aliphatic carbocycles. The summed E-state index contributed by atoms with van der Waals surface area (Å²) in [7, 11) is 0. The molecule has 1 aliphatic rings. The van der Waals surface area contributed by atoms with Gasteiger partial charge in [0.25, 0.3) is 0 Å². The molecule has 0 radical (unpaired) electrons. The Kier molecular flexibility index (Phi) is 6.83. The van der Waals surface area contributed by atoms with E-state index < -0.39 is 0 Å². The Labute approximate surface area is 209 Å². The molecular formula is C27H27N7O2. The van der Waals surface area contributed by atoms with Crippen LogP contribution in [0.15, 0.2) is 79.6 Å². The first-order valence-electron chi connectivity index (χ1n) is 11.7. The summed E-state index contributed by atoms with van der Waals surface area (Å²) in [6, 6.07) is 17.5. The van der Waals surface area contributed by atoms with Gasteiger partial charge in [0.05, 0.1) is 30.1 Å². The van der Waals surface area contributed by atoms with Gasteiger partial charge in [-0.25, -0.2) is 15.0 Å². The Morgan fingerprint density at radius 3 is 2.83 bits per heavy atom. The van der Waals surface area contributed by atoms with E-state index in [-0.39, 0.29) is 12.0 Å². The predicted molar refractivity (Wildman–Crippen MR) is 142 cm³/mol. The van der Waals surface area contributed by atoms with Crippen molar-refractivity contribution in [3.8, 4) is 11.1 Å². The monoisotopic (exact) mass is 481 g/mol. The lowest BCUT2D eigenvalue weighted by Crippen LogP contribution is -2.46. The number of rotatable bonds is 7. The molecule has 36 heavy (non-hydrogen) atoms.